The van der Waals surface area contributed by atoms with Gasteiger partial charge in [0.15, 0.2) is 5.76 Å². The molecule has 1 aliphatic heterocycles. The predicted octanol–water partition coefficient (Wildman–Crippen LogP) is 5.15. The Morgan fingerprint density at radius 2 is 2.00 bits per heavy atom. The van der Waals surface area contributed by atoms with Crippen LogP contribution >= 0.6 is 22.9 Å². The molecule has 7 heteroatoms. The Kier molecular flexibility index (Phi) is 6.58. The van der Waals surface area contributed by atoms with E-state index in [1.807, 2.05) is 18.2 Å². The van der Waals surface area contributed by atoms with Crippen molar-refractivity contribution in [3.05, 3.63) is 75.5 Å². The molecule has 0 bridgehead atoms. The number of benzene rings is 1. The topological polar surface area (TPSA) is 48.7 Å². The number of piperazine rings is 1. The zero-order valence-electron chi connectivity index (χ0n) is 17.2. The summed E-state index contributed by atoms with van der Waals surface area (Å²) in [4.78, 5) is 18.8. The van der Waals surface area contributed by atoms with E-state index in [2.05, 4.69) is 41.2 Å². The van der Waals surface area contributed by atoms with Crippen LogP contribution in [0.4, 0.5) is 5.00 Å². The Balaban J connectivity index is 1.74. The molecule has 4 rings (SSSR count). The molecule has 1 atom stereocenters. The molecule has 0 radical (unpaired) electrons. The summed E-state index contributed by atoms with van der Waals surface area (Å²) in [5.41, 5.74) is 2.25. The van der Waals surface area contributed by atoms with E-state index in [1.165, 1.54) is 11.1 Å². The molecule has 1 amide bonds. The number of likely N-dealkylation sites (N-methyl/N-ethyl adjacent to an activating group) is 1. The van der Waals surface area contributed by atoms with Crippen LogP contribution in [-0.2, 0) is 6.42 Å². The molecule has 0 spiro atoms. The summed E-state index contributed by atoms with van der Waals surface area (Å²) in [6.07, 6.45) is 2.43. The number of hydrogen-bond acceptors (Lipinski definition) is 5. The summed E-state index contributed by atoms with van der Waals surface area (Å²) in [7, 11) is 2.15. The van der Waals surface area contributed by atoms with Gasteiger partial charge in [-0.1, -0.05) is 30.7 Å². The number of rotatable bonds is 6. The standard InChI is InChI=1S/C23H26ClN3O2S/c1-3-18-15-19(23(30-18)25-22(28)20-8-5-13-29-20)21(16-6-4-7-17(24)14-16)27-11-9-26(2)10-12-27/h4-8,13-15,21H,3,9-12H2,1-2H3,(H,25,28)/t21-/m0/s1. The van der Waals surface area contributed by atoms with Crippen molar-refractivity contribution in [2.45, 2.75) is 19.4 Å². The van der Waals surface area contributed by atoms with Crippen LogP contribution in [0.25, 0.3) is 0 Å². The number of furan rings is 1. The number of halogens is 1. The molecule has 0 aliphatic carbocycles. The number of anilines is 1. The minimum atomic E-state index is -0.228. The minimum Gasteiger partial charge on any atom is -0.459 e. The van der Waals surface area contributed by atoms with Gasteiger partial charge in [-0.25, -0.2) is 0 Å². The number of hydrogen-bond donors (Lipinski definition) is 1. The fourth-order valence-corrected chi connectivity index (χ4v) is 5.07. The van der Waals surface area contributed by atoms with E-state index in [0.29, 0.717) is 5.76 Å². The molecule has 2 aromatic heterocycles. The summed E-state index contributed by atoms with van der Waals surface area (Å²) in [5, 5.41) is 4.69. The monoisotopic (exact) mass is 443 g/mol. The first-order valence-corrected chi connectivity index (χ1v) is 11.4. The molecule has 1 aliphatic rings. The van der Waals surface area contributed by atoms with Crippen LogP contribution in [0.5, 0.6) is 0 Å². The van der Waals surface area contributed by atoms with Gasteiger partial charge in [-0.3, -0.25) is 9.69 Å². The van der Waals surface area contributed by atoms with Crippen LogP contribution in [0.3, 0.4) is 0 Å². The van der Waals surface area contributed by atoms with Crippen molar-refractivity contribution >= 4 is 33.8 Å². The average molecular weight is 444 g/mol. The molecule has 5 nitrogen and oxygen atoms in total. The minimum absolute atomic E-state index is 0.0286. The second-order valence-electron chi connectivity index (χ2n) is 7.58. The van der Waals surface area contributed by atoms with Crippen LogP contribution in [-0.4, -0.2) is 48.9 Å². The number of amides is 1. The maximum atomic E-state index is 12.7. The largest absolute Gasteiger partial charge is 0.459 e. The van der Waals surface area contributed by atoms with Gasteiger partial charge in [0.1, 0.15) is 5.00 Å². The second-order valence-corrected chi connectivity index (χ2v) is 9.15. The van der Waals surface area contributed by atoms with E-state index in [1.54, 1.807) is 23.5 Å². The molecule has 1 fully saturated rings. The first-order chi connectivity index (χ1) is 14.5. The third-order valence-corrected chi connectivity index (χ3v) is 6.94. The quantitative estimate of drug-likeness (QED) is 0.572. The maximum Gasteiger partial charge on any atom is 0.291 e. The maximum absolute atomic E-state index is 12.7. The van der Waals surface area contributed by atoms with E-state index in [-0.39, 0.29) is 11.9 Å². The van der Waals surface area contributed by atoms with E-state index < -0.39 is 0 Å². The Morgan fingerprint density at radius 3 is 2.67 bits per heavy atom. The first kappa shape index (κ1) is 21.1. The SMILES string of the molecule is CCc1cc([C@H](c2cccc(Cl)c2)N2CCN(C)CC2)c(NC(=O)c2ccco2)s1. The van der Waals surface area contributed by atoms with Crippen LogP contribution in [0.15, 0.2) is 53.1 Å². The van der Waals surface area contributed by atoms with Gasteiger partial charge in [0.25, 0.3) is 5.91 Å². The normalized spacial score (nSPS) is 16.5. The summed E-state index contributed by atoms with van der Waals surface area (Å²) in [6.45, 7) is 6.07. The van der Waals surface area contributed by atoms with Crippen molar-refractivity contribution in [2.75, 3.05) is 38.5 Å². The zero-order valence-corrected chi connectivity index (χ0v) is 18.8. The van der Waals surface area contributed by atoms with E-state index >= 15 is 0 Å². The van der Waals surface area contributed by atoms with Gasteiger partial charge in [-0.2, -0.15) is 0 Å². The molecule has 0 saturated carbocycles. The molecule has 158 valence electrons. The van der Waals surface area contributed by atoms with E-state index in [9.17, 15) is 4.79 Å². The van der Waals surface area contributed by atoms with Gasteiger partial charge < -0.3 is 14.6 Å². The lowest BCUT2D eigenvalue weighted by molar-refractivity contribution is 0.0996. The van der Waals surface area contributed by atoms with Crippen molar-refractivity contribution in [3.63, 3.8) is 0 Å². The van der Waals surface area contributed by atoms with E-state index in [4.69, 9.17) is 16.0 Å². The number of nitrogens with one attached hydrogen (secondary N) is 1. The second kappa shape index (κ2) is 9.35. The van der Waals surface area contributed by atoms with Crippen LogP contribution in [0.1, 0.15) is 39.5 Å². The van der Waals surface area contributed by atoms with Crippen LogP contribution < -0.4 is 5.32 Å². The van der Waals surface area contributed by atoms with Gasteiger partial charge in [-0.15, -0.1) is 11.3 Å². The summed E-state index contributed by atoms with van der Waals surface area (Å²) in [6, 6.07) is 13.7. The van der Waals surface area contributed by atoms with Gasteiger partial charge >= 0.3 is 0 Å². The number of carbonyl (C=O) groups excluding carboxylic acids is 1. The van der Waals surface area contributed by atoms with Gasteiger partial charge in [-0.05, 0) is 49.4 Å². The van der Waals surface area contributed by atoms with Crippen molar-refractivity contribution in [2.24, 2.45) is 0 Å². The molecule has 0 unspecified atom stereocenters. The first-order valence-electron chi connectivity index (χ1n) is 10.2. The smallest absolute Gasteiger partial charge is 0.291 e. The summed E-state index contributed by atoms with van der Waals surface area (Å²) < 4.78 is 5.29. The molecule has 1 aromatic carbocycles. The molecule has 3 heterocycles. The molecular formula is C23H26ClN3O2S. The van der Waals surface area contributed by atoms with Crippen molar-refractivity contribution < 1.29 is 9.21 Å². The fraction of sp³-hybridized carbons (Fsp3) is 0.348. The highest BCUT2D eigenvalue weighted by Gasteiger charge is 2.29. The fourth-order valence-electron chi connectivity index (χ4n) is 3.85. The highest BCUT2D eigenvalue weighted by Crippen LogP contribution is 2.40. The van der Waals surface area contributed by atoms with E-state index in [0.717, 1.165) is 53.8 Å². The van der Waals surface area contributed by atoms with Crippen LogP contribution in [0.2, 0.25) is 5.02 Å². The van der Waals surface area contributed by atoms with Crippen molar-refractivity contribution in [1.29, 1.82) is 0 Å². The Morgan fingerprint density at radius 1 is 1.20 bits per heavy atom. The number of carbonyl (C=O) groups is 1. The lowest BCUT2D eigenvalue weighted by Gasteiger charge is -2.38. The zero-order chi connectivity index (χ0) is 21.1. The highest BCUT2D eigenvalue weighted by atomic mass is 35.5. The Bertz CT molecular complexity index is 994. The Hall–Kier alpha value is -2.12. The number of nitrogens with zero attached hydrogens (tertiary/aromatic N) is 2. The lowest BCUT2D eigenvalue weighted by atomic mass is 9.97. The third-order valence-electron chi connectivity index (χ3n) is 5.49. The molecule has 1 N–H and O–H groups in total. The molecular weight excluding hydrogens is 418 g/mol. The lowest BCUT2D eigenvalue weighted by Crippen LogP contribution is -2.46. The summed E-state index contributed by atoms with van der Waals surface area (Å²) >= 11 is 7.99. The molecule has 1 saturated heterocycles. The van der Waals surface area contributed by atoms with Gasteiger partial charge in [0.05, 0.1) is 12.3 Å². The van der Waals surface area contributed by atoms with Crippen molar-refractivity contribution in [3.8, 4) is 0 Å². The van der Waals surface area contributed by atoms with Gasteiger partial charge in [0.2, 0.25) is 0 Å². The number of thiophene rings is 1. The predicted molar refractivity (Wildman–Crippen MR) is 123 cm³/mol. The highest BCUT2D eigenvalue weighted by molar-refractivity contribution is 7.16. The number of aryl methyl sites for hydroxylation is 1. The van der Waals surface area contributed by atoms with Crippen LogP contribution in [0, 0.1) is 0 Å². The van der Waals surface area contributed by atoms with Gasteiger partial charge in [0, 0.05) is 41.6 Å². The summed E-state index contributed by atoms with van der Waals surface area (Å²) in [5.74, 6) is 0.0836. The Labute approximate surface area is 186 Å². The molecule has 3 aromatic rings. The third kappa shape index (κ3) is 4.62. The average Bonchev–Trinajstić information content (AvgIpc) is 3.40. The van der Waals surface area contributed by atoms with Crippen molar-refractivity contribution in [1.82, 2.24) is 9.80 Å². The molecule has 30 heavy (non-hydrogen) atoms.